The Morgan fingerprint density at radius 3 is 2.48 bits per heavy atom. The predicted molar refractivity (Wildman–Crippen MR) is 74.5 cm³/mol. The molecular weight excluding hydrogens is 304 g/mol. The first-order valence-corrected chi connectivity index (χ1v) is 6.41. The predicted octanol–water partition coefficient (Wildman–Crippen LogP) is 2.51. The van der Waals surface area contributed by atoms with Gasteiger partial charge in [0.15, 0.2) is 0 Å². The Kier molecular flexibility index (Phi) is 4.21. The molecule has 2 rings (SSSR count). The summed E-state index contributed by atoms with van der Waals surface area (Å²) < 4.78 is 25.7. The molecule has 0 atom stereocenters. The van der Waals surface area contributed by atoms with Gasteiger partial charge < -0.3 is 10.6 Å². The van der Waals surface area contributed by atoms with Crippen LogP contribution in [0, 0.1) is 0 Å². The zero-order chi connectivity index (χ0) is 15.6. The third-order valence-electron chi connectivity index (χ3n) is 2.70. The Hall–Kier alpha value is -2.03. The van der Waals surface area contributed by atoms with Crippen LogP contribution in [0.15, 0.2) is 12.3 Å². The van der Waals surface area contributed by atoms with Crippen LogP contribution in [0.3, 0.4) is 0 Å². The van der Waals surface area contributed by atoms with Gasteiger partial charge in [0.1, 0.15) is 0 Å². The molecule has 0 unspecified atom stereocenters. The van der Waals surface area contributed by atoms with Crippen LogP contribution >= 0.6 is 11.6 Å². The maximum atomic E-state index is 12.6. The van der Waals surface area contributed by atoms with Crippen molar-refractivity contribution in [2.75, 3.05) is 17.7 Å². The molecule has 0 aromatic carbocycles. The summed E-state index contributed by atoms with van der Waals surface area (Å²) in [4.78, 5) is 11.9. The van der Waals surface area contributed by atoms with Crippen LogP contribution in [0.1, 0.15) is 26.1 Å². The molecule has 0 saturated heterocycles. The first-order chi connectivity index (χ1) is 9.81. The molecule has 0 spiro atoms. The first-order valence-electron chi connectivity index (χ1n) is 6.03. The van der Waals surface area contributed by atoms with Crippen molar-refractivity contribution in [3.05, 3.63) is 23.2 Å². The van der Waals surface area contributed by atoms with Gasteiger partial charge in [0.2, 0.25) is 17.2 Å². The van der Waals surface area contributed by atoms with E-state index in [2.05, 4.69) is 30.7 Å². The first kappa shape index (κ1) is 15.4. The largest absolute Gasteiger partial charge is 0.357 e. The lowest BCUT2D eigenvalue weighted by molar-refractivity contribution is 0.0558. The van der Waals surface area contributed by atoms with Gasteiger partial charge in [-0.05, 0) is 31.5 Å². The molecule has 0 bridgehead atoms. The standard InChI is InChI=1S/C11H14ClF2N7/c1-11(2,6-4-5-21(20-6)8(13)14)19-10-17-7(12)16-9(15-3)18-10/h4-5,8H,1-3H3,(H2,15,16,17,18,19). The van der Waals surface area contributed by atoms with E-state index in [9.17, 15) is 8.78 Å². The minimum absolute atomic E-state index is 0.0192. The molecule has 0 amide bonds. The normalized spacial score (nSPS) is 11.8. The zero-order valence-electron chi connectivity index (χ0n) is 11.6. The van der Waals surface area contributed by atoms with E-state index in [1.807, 2.05) is 0 Å². The third kappa shape index (κ3) is 3.54. The summed E-state index contributed by atoms with van der Waals surface area (Å²) >= 11 is 5.79. The van der Waals surface area contributed by atoms with Gasteiger partial charge >= 0.3 is 6.55 Å². The van der Waals surface area contributed by atoms with Gasteiger partial charge in [0.05, 0.1) is 11.2 Å². The highest BCUT2D eigenvalue weighted by molar-refractivity contribution is 6.28. The fourth-order valence-electron chi connectivity index (χ4n) is 1.64. The highest BCUT2D eigenvalue weighted by Crippen LogP contribution is 2.24. The lowest BCUT2D eigenvalue weighted by Gasteiger charge is -2.24. The van der Waals surface area contributed by atoms with Crippen LogP contribution in [-0.4, -0.2) is 31.8 Å². The van der Waals surface area contributed by atoms with Gasteiger partial charge in [-0.2, -0.15) is 28.8 Å². The van der Waals surface area contributed by atoms with E-state index < -0.39 is 12.1 Å². The van der Waals surface area contributed by atoms with Crippen LogP contribution in [0.2, 0.25) is 5.28 Å². The molecular formula is C11H14ClF2N7. The topological polar surface area (TPSA) is 80.5 Å². The number of hydrogen-bond acceptors (Lipinski definition) is 6. The van der Waals surface area contributed by atoms with Crippen LogP contribution in [0.5, 0.6) is 0 Å². The number of hydrogen-bond donors (Lipinski definition) is 2. The Morgan fingerprint density at radius 2 is 1.90 bits per heavy atom. The second-order valence-corrected chi connectivity index (χ2v) is 5.05. The minimum atomic E-state index is -2.68. The van der Waals surface area contributed by atoms with E-state index in [0.29, 0.717) is 16.3 Å². The average molecular weight is 318 g/mol. The molecule has 10 heteroatoms. The molecule has 0 aliphatic carbocycles. The fourth-order valence-corrected chi connectivity index (χ4v) is 1.80. The number of nitrogens with zero attached hydrogens (tertiary/aromatic N) is 5. The number of nitrogens with one attached hydrogen (secondary N) is 2. The molecule has 0 aliphatic heterocycles. The number of aromatic nitrogens is 5. The molecule has 2 aromatic rings. The number of rotatable bonds is 5. The monoisotopic (exact) mass is 317 g/mol. The molecule has 0 saturated carbocycles. The van der Waals surface area contributed by atoms with Crippen molar-refractivity contribution < 1.29 is 8.78 Å². The summed E-state index contributed by atoms with van der Waals surface area (Å²) in [7, 11) is 1.64. The van der Waals surface area contributed by atoms with Crippen molar-refractivity contribution in [3.8, 4) is 0 Å². The summed E-state index contributed by atoms with van der Waals surface area (Å²) in [6.45, 7) is 0.848. The van der Waals surface area contributed by atoms with E-state index in [1.54, 1.807) is 20.9 Å². The third-order valence-corrected chi connectivity index (χ3v) is 2.87. The second-order valence-electron chi connectivity index (χ2n) is 4.71. The summed E-state index contributed by atoms with van der Waals surface area (Å²) in [6, 6.07) is 1.50. The Labute approximate surface area is 124 Å². The molecule has 0 aliphatic rings. The lowest BCUT2D eigenvalue weighted by atomic mass is 10.0. The molecule has 0 radical (unpaired) electrons. The minimum Gasteiger partial charge on any atom is -0.357 e. The van der Waals surface area contributed by atoms with Crippen LogP contribution in [0.25, 0.3) is 0 Å². The molecule has 2 aromatic heterocycles. The summed E-state index contributed by atoms with van der Waals surface area (Å²) in [6.07, 6.45) is 1.21. The van der Waals surface area contributed by atoms with E-state index in [4.69, 9.17) is 11.6 Å². The molecule has 2 N–H and O–H groups in total. The van der Waals surface area contributed by atoms with E-state index >= 15 is 0 Å². The van der Waals surface area contributed by atoms with E-state index in [0.717, 1.165) is 0 Å². The van der Waals surface area contributed by atoms with Crippen LogP contribution in [0.4, 0.5) is 20.7 Å². The van der Waals surface area contributed by atoms with Crippen molar-refractivity contribution in [3.63, 3.8) is 0 Å². The van der Waals surface area contributed by atoms with E-state index in [1.165, 1.54) is 12.3 Å². The molecule has 7 nitrogen and oxygen atoms in total. The highest BCUT2D eigenvalue weighted by atomic mass is 35.5. The van der Waals surface area contributed by atoms with Gasteiger partial charge in [0.25, 0.3) is 0 Å². The smallest absolute Gasteiger partial charge is 0.333 e. The second kappa shape index (κ2) is 5.76. The summed E-state index contributed by atoms with van der Waals surface area (Å²) in [5.41, 5.74) is -0.346. The Bertz CT molecular complexity index is 629. The van der Waals surface area contributed by atoms with E-state index in [-0.39, 0.29) is 11.2 Å². The van der Waals surface area contributed by atoms with Gasteiger partial charge in [0, 0.05) is 13.2 Å². The Morgan fingerprint density at radius 1 is 1.24 bits per heavy atom. The van der Waals surface area contributed by atoms with Crippen LogP contribution < -0.4 is 10.6 Å². The van der Waals surface area contributed by atoms with Crippen molar-refractivity contribution in [1.82, 2.24) is 24.7 Å². The SMILES string of the molecule is CNc1nc(Cl)nc(NC(C)(C)c2ccn(C(F)F)n2)n1. The molecule has 0 fully saturated rings. The fraction of sp³-hybridized carbons (Fsp3) is 0.455. The highest BCUT2D eigenvalue weighted by Gasteiger charge is 2.26. The summed E-state index contributed by atoms with van der Waals surface area (Å²) in [5, 5.41) is 9.59. The van der Waals surface area contributed by atoms with Crippen molar-refractivity contribution in [1.29, 1.82) is 0 Å². The molecule has 21 heavy (non-hydrogen) atoms. The maximum absolute atomic E-state index is 12.6. The zero-order valence-corrected chi connectivity index (χ0v) is 12.4. The Balaban J connectivity index is 2.25. The van der Waals surface area contributed by atoms with Gasteiger partial charge in [-0.1, -0.05) is 0 Å². The van der Waals surface area contributed by atoms with Gasteiger partial charge in [-0.3, -0.25) is 0 Å². The van der Waals surface area contributed by atoms with Gasteiger partial charge in [-0.25, -0.2) is 4.68 Å². The summed E-state index contributed by atoms with van der Waals surface area (Å²) in [5.74, 6) is 0.516. The number of halogens is 3. The maximum Gasteiger partial charge on any atom is 0.333 e. The van der Waals surface area contributed by atoms with Crippen molar-refractivity contribution >= 4 is 23.5 Å². The molecule has 114 valence electrons. The average Bonchev–Trinajstić information content (AvgIpc) is 2.87. The quantitative estimate of drug-likeness (QED) is 0.882. The number of alkyl halides is 2. The van der Waals surface area contributed by atoms with Crippen molar-refractivity contribution in [2.45, 2.75) is 25.9 Å². The number of anilines is 2. The van der Waals surface area contributed by atoms with Gasteiger partial charge in [-0.15, -0.1) is 0 Å². The lowest BCUT2D eigenvalue weighted by Crippen LogP contribution is -2.30. The molecule has 2 heterocycles. The van der Waals surface area contributed by atoms with Crippen molar-refractivity contribution in [2.24, 2.45) is 0 Å². The van der Waals surface area contributed by atoms with Crippen LogP contribution in [-0.2, 0) is 5.54 Å².